The summed E-state index contributed by atoms with van der Waals surface area (Å²) in [7, 11) is 2.02. The van der Waals surface area contributed by atoms with E-state index in [4.69, 9.17) is 11.6 Å². The van der Waals surface area contributed by atoms with Crippen molar-refractivity contribution in [1.82, 2.24) is 19.7 Å². The first-order valence-corrected chi connectivity index (χ1v) is 8.01. The van der Waals surface area contributed by atoms with E-state index in [-0.39, 0.29) is 11.9 Å². The normalized spacial score (nSPS) is 12.5. The van der Waals surface area contributed by atoms with Crippen molar-refractivity contribution in [3.05, 3.63) is 77.1 Å². The van der Waals surface area contributed by atoms with Crippen molar-refractivity contribution < 1.29 is 4.39 Å². The van der Waals surface area contributed by atoms with Crippen molar-refractivity contribution in [2.75, 3.05) is 7.05 Å². The van der Waals surface area contributed by atoms with Crippen LogP contribution in [0.2, 0.25) is 5.02 Å². The quantitative estimate of drug-likeness (QED) is 0.693. The molecular weight excluding hydrogens is 327 g/mol. The van der Waals surface area contributed by atoms with Crippen molar-refractivity contribution in [2.45, 2.75) is 19.5 Å². The van der Waals surface area contributed by atoms with Crippen LogP contribution in [-0.2, 0) is 6.54 Å². The first-order valence-electron chi connectivity index (χ1n) is 7.63. The summed E-state index contributed by atoms with van der Waals surface area (Å²) in [6.07, 6.45) is 3.18. The van der Waals surface area contributed by atoms with Crippen LogP contribution in [0.4, 0.5) is 4.39 Å². The third-order valence-corrected chi connectivity index (χ3v) is 4.51. The van der Waals surface area contributed by atoms with E-state index in [1.54, 1.807) is 17.1 Å². The van der Waals surface area contributed by atoms with Gasteiger partial charge in [0.15, 0.2) is 0 Å². The molecule has 1 heterocycles. The second-order valence-corrected chi connectivity index (χ2v) is 6.17. The topological polar surface area (TPSA) is 34.0 Å². The number of nitrogens with zero attached hydrogens (tertiary/aromatic N) is 4. The number of rotatable bonds is 5. The molecule has 0 saturated carbocycles. The summed E-state index contributed by atoms with van der Waals surface area (Å²) in [6, 6.07) is 12.9. The Morgan fingerprint density at radius 1 is 1.21 bits per heavy atom. The van der Waals surface area contributed by atoms with Gasteiger partial charge in [-0.1, -0.05) is 29.8 Å². The maximum Gasteiger partial charge on any atom is 0.138 e. The van der Waals surface area contributed by atoms with Crippen LogP contribution in [0.25, 0.3) is 5.69 Å². The van der Waals surface area contributed by atoms with Crippen LogP contribution >= 0.6 is 11.6 Å². The largest absolute Gasteiger partial charge is 0.295 e. The van der Waals surface area contributed by atoms with Crippen molar-refractivity contribution >= 4 is 11.6 Å². The number of benzene rings is 2. The van der Waals surface area contributed by atoms with Crippen LogP contribution in [0.15, 0.2) is 55.1 Å². The van der Waals surface area contributed by atoms with E-state index < -0.39 is 0 Å². The molecular formula is C18H18ClFN4. The average molecular weight is 345 g/mol. The van der Waals surface area contributed by atoms with E-state index >= 15 is 0 Å². The van der Waals surface area contributed by atoms with E-state index in [1.807, 2.05) is 19.2 Å². The number of aromatic nitrogens is 3. The first kappa shape index (κ1) is 16.6. The molecule has 1 aromatic heterocycles. The highest BCUT2D eigenvalue weighted by Crippen LogP contribution is 2.25. The molecule has 3 rings (SSSR count). The Morgan fingerprint density at radius 2 is 1.96 bits per heavy atom. The molecule has 0 radical (unpaired) electrons. The highest BCUT2D eigenvalue weighted by Gasteiger charge is 2.14. The Labute approximate surface area is 145 Å². The van der Waals surface area contributed by atoms with E-state index in [0.29, 0.717) is 11.6 Å². The van der Waals surface area contributed by atoms with Gasteiger partial charge in [0.1, 0.15) is 18.5 Å². The van der Waals surface area contributed by atoms with Gasteiger partial charge in [0.05, 0.1) is 5.69 Å². The van der Waals surface area contributed by atoms with E-state index in [9.17, 15) is 4.39 Å². The summed E-state index contributed by atoms with van der Waals surface area (Å²) in [5, 5.41) is 4.57. The van der Waals surface area contributed by atoms with Crippen LogP contribution in [0.1, 0.15) is 24.1 Å². The van der Waals surface area contributed by atoms with Gasteiger partial charge < -0.3 is 0 Å². The van der Waals surface area contributed by atoms with Gasteiger partial charge in [0, 0.05) is 17.6 Å². The van der Waals surface area contributed by atoms with Crippen LogP contribution in [-0.4, -0.2) is 26.7 Å². The summed E-state index contributed by atoms with van der Waals surface area (Å²) in [5.41, 5.74) is 3.05. The smallest absolute Gasteiger partial charge is 0.138 e. The van der Waals surface area contributed by atoms with Gasteiger partial charge in [-0.15, -0.1) is 0 Å². The Bertz CT molecular complexity index is 802. The summed E-state index contributed by atoms with van der Waals surface area (Å²) >= 11 is 6.12. The van der Waals surface area contributed by atoms with Crippen molar-refractivity contribution in [1.29, 1.82) is 0 Å². The lowest BCUT2D eigenvalue weighted by atomic mass is 10.1. The molecule has 24 heavy (non-hydrogen) atoms. The molecule has 0 spiro atoms. The van der Waals surface area contributed by atoms with Crippen molar-refractivity contribution in [2.24, 2.45) is 0 Å². The Kier molecular flexibility index (Phi) is 4.92. The van der Waals surface area contributed by atoms with Gasteiger partial charge in [-0.2, -0.15) is 5.10 Å². The Hall–Kier alpha value is -2.24. The molecule has 0 aliphatic heterocycles. The van der Waals surface area contributed by atoms with Crippen LogP contribution in [0.3, 0.4) is 0 Å². The zero-order valence-corrected chi connectivity index (χ0v) is 14.3. The Morgan fingerprint density at radius 3 is 2.58 bits per heavy atom. The van der Waals surface area contributed by atoms with E-state index in [1.165, 1.54) is 24.0 Å². The molecule has 0 N–H and O–H groups in total. The number of hydrogen-bond donors (Lipinski definition) is 0. The highest BCUT2D eigenvalue weighted by molar-refractivity contribution is 6.31. The van der Waals surface area contributed by atoms with Gasteiger partial charge in [-0.05, 0) is 49.4 Å². The molecule has 124 valence electrons. The molecule has 0 saturated heterocycles. The molecule has 0 aliphatic carbocycles. The third-order valence-electron chi connectivity index (χ3n) is 4.15. The zero-order chi connectivity index (χ0) is 17.1. The number of halogens is 2. The van der Waals surface area contributed by atoms with Crippen LogP contribution in [0.5, 0.6) is 0 Å². The van der Waals surface area contributed by atoms with E-state index in [2.05, 4.69) is 34.0 Å². The van der Waals surface area contributed by atoms with Crippen LogP contribution < -0.4 is 0 Å². The molecule has 4 nitrogen and oxygen atoms in total. The van der Waals surface area contributed by atoms with Crippen LogP contribution in [0, 0.1) is 5.82 Å². The standard InChI is InChI=1S/C18H18ClFN4/c1-13(23(2)10-15-3-6-16(20)9-18(15)19)14-4-7-17(8-5-14)24-12-21-11-22-24/h3-9,11-13H,10H2,1-2H3/t13-/m1/s1. The molecule has 0 unspecified atom stereocenters. The van der Waals surface area contributed by atoms with Gasteiger partial charge in [-0.3, -0.25) is 4.90 Å². The summed E-state index contributed by atoms with van der Waals surface area (Å²) < 4.78 is 14.9. The SMILES string of the molecule is C[C@H](c1ccc(-n2cncn2)cc1)N(C)Cc1ccc(F)cc1Cl. The average Bonchev–Trinajstić information content (AvgIpc) is 3.11. The lowest BCUT2D eigenvalue weighted by molar-refractivity contribution is 0.253. The molecule has 0 fully saturated rings. The zero-order valence-electron chi connectivity index (χ0n) is 13.5. The second-order valence-electron chi connectivity index (χ2n) is 5.76. The maximum absolute atomic E-state index is 13.2. The monoisotopic (exact) mass is 344 g/mol. The molecule has 0 bridgehead atoms. The predicted molar refractivity (Wildman–Crippen MR) is 92.7 cm³/mol. The third kappa shape index (κ3) is 3.63. The highest BCUT2D eigenvalue weighted by atomic mass is 35.5. The maximum atomic E-state index is 13.2. The van der Waals surface area contributed by atoms with E-state index in [0.717, 1.165) is 11.3 Å². The lowest BCUT2D eigenvalue weighted by Crippen LogP contribution is -2.22. The lowest BCUT2D eigenvalue weighted by Gasteiger charge is -2.25. The minimum atomic E-state index is -0.317. The summed E-state index contributed by atoms with van der Waals surface area (Å²) in [6.45, 7) is 2.77. The second kappa shape index (κ2) is 7.11. The molecule has 0 aliphatic rings. The fraction of sp³-hybridized carbons (Fsp3) is 0.222. The van der Waals surface area contributed by atoms with Gasteiger partial charge >= 0.3 is 0 Å². The minimum Gasteiger partial charge on any atom is -0.295 e. The van der Waals surface area contributed by atoms with Gasteiger partial charge in [0.2, 0.25) is 0 Å². The fourth-order valence-corrected chi connectivity index (χ4v) is 2.78. The fourth-order valence-electron chi connectivity index (χ4n) is 2.56. The van der Waals surface area contributed by atoms with Crippen molar-refractivity contribution in [3.8, 4) is 5.69 Å². The molecule has 3 aromatic rings. The predicted octanol–water partition coefficient (Wildman–Crippen LogP) is 4.25. The van der Waals surface area contributed by atoms with Crippen molar-refractivity contribution in [3.63, 3.8) is 0 Å². The Balaban J connectivity index is 1.72. The molecule has 0 amide bonds. The number of hydrogen-bond acceptors (Lipinski definition) is 3. The minimum absolute atomic E-state index is 0.191. The molecule has 6 heteroatoms. The molecule has 2 aromatic carbocycles. The molecule has 1 atom stereocenters. The van der Waals surface area contributed by atoms with Gasteiger partial charge in [0.25, 0.3) is 0 Å². The summed E-state index contributed by atoms with van der Waals surface area (Å²) in [4.78, 5) is 6.12. The first-order chi connectivity index (χ1) is 11.5. The van der Waals surface area contributed by atoms with Gasteiger partial charge in [-0.25, -0.2) is 14.1 Å². The summed E-state index contributed by atoms with van der Waals surface area (Å²) in [5.74, 6) is -0.317.